The maximum Gasteiger partial charge on any atom is 0.135 e. The van der Waals surface area contributed by atoms with E-state index in [0.717, 1.165) is 16.9 Å². The highest BCUT2D eigenvalue weighted by Gasteiger charge is 2.04. The molecule has 2 aromatic heterocycles. The van der Waals surface area contributed by atoms with Gasteiger partial charge in [0, 0.05) is 18.0 Å². The summed E-state index contributed by atoms with van der Waals surface area (Å²) in [4.78, 5) is 4.02. The van der Waals surface area contributed by atoms with E-state index in [-0.39, 0.29) is 0 Å². The number of hydrogen-bond donors (Lipinski definition) is 1. The van der Waals surface area contributed by atoms with Crippen molar-refractivity contribution in [3.05, 3.63) is 42.4 Å². The van der Waals surface area contributed by atoms with Crippen LogP contribution in [0.25, 0.3) is 11.3 Å². The Hall–Kier alpha value is -2.05. The van der Waals surface area contributed by atoms with Crippen molar-refractivity contribution in [1.29, 1.82) is 0 Å². The van der Waals surface area contributed by atoms with Gasteiger partial charge in [0.05, 0.1) is 18.4 Å². The zero-order valence-corrected chi connectivity index (χ0v) is 8.10. The number of furan rings is 1. The standard InChI is InChI=1S/C12H10N2O/c13-6-1-3-10-9-14-7-5-11(10)12-4-2-8-15-12/h2,4-5,7-9H,6,13H2. The fourth-order valence-electron chi connectivity index (χ4n) is 1.29. The van der Waals surface area contributed by atoms with E-state index in [1.807, 2.05) is 18.2 Å². The van der Waals surface area contributed by atoms with Crippen LogP contribution in [0.15, 0.2) is 41.3 Å². The third kappa shape index (κ3) is 2.06. The first-order chi connectivity index (χ1) is 7.42. The summed E-state index contributed by atoms with van der Waals surface area (Å²) >= 11 is 0. The fraction of sp³-hybridized carbons (Fsp3) is 0.0833. The van der Waals surface area contributed by atoms with E-state index in [9.17, 15) is 0 Å². The molecule has 0 radical (unpaired) electrons. The number of nitrogens with zero attached hydrogens (tertiary/aromatic N) is 1. The van der Waals surface area contributed by atoms with E-state index in [0.29, 0.717) is 6.54 Å². The summed E-state index contributed by atoms with van der Waals surface area (Å²) in [6, 6.07) is 5.61. The van der Waals surface area contributed by atoms with Gasteiger partial charge in [-0.2, -0.15) is 0 Å². The molecule has 0 amide bonds. The normalized spacial score (nSPS) is 9.40. The van der Waals surface area contributed by atoms with Gasteiger partial charge in [0.15, 0.2) is 0 Å². The van der Waals surface area contributed by atoms with Crippen LogP contribution in [0.3, 0.4) is 0 Å². The number of pyridine rings is 1. The highest BCUT2D eigenvalue weighted by atomic mass is 16.3. The molecule has 15 heavy (non-hydrogen) atoms. The predicted octanol–water partition coefficient (Wildman–Crippen LogP) is 1.65. The summed E-state index contributed by atoms with van der Waals surface area (Å²) in [6.07, 6.45) is 5.06. The van der Waals surface area contributed by atoms with Gasteiger partial charge in [-0.05, 0) is 18.2 Å². The van der Waals surface area contributed by atoms with Crippen molar-refractivity contribution in [1.82, 2.24) is 4.98 Å². The third-order valence-corrected chi connectivity index (χ3v) is 1.93. The Morgan fingerprint density at radius 2 is 2.33 bits per heavy atom. The molecule has 2 aromatic rings. The summed E-state index contributed by atoms with van der Waals surface area (Å²) in [7, 11) is 0. The maximum atomic E-state index is 5.33. The predicted molar refractivity (Wildman–Crippen MR) is 57.9 cm³/mol. The van der Waals surface area contributed by atoms with Gasteiger partial charge < -0.3 is 10.2 Å². The molecule has 0 aliphatic heterocycles. The van der Waals surface area contributed by atoms with Gasteiger partial charge in [-0.25, -0.2) is 0 Å². The Balaban J connectivity index is 2.47. The van der Waals surface area contributed by atoms with Crippen molar-refractivity contribution < 1.29 is 4.42 Å². The summed E-state index contributed by atoms with van der Waals surface area (Å²) < 4.78 is 5.31. The van der Waals surface area contributed by atoms with Crippen molar-refractivity contribution in [3.63, 3.8) is 0 Å². The van der Waals surface area contributed by atoms with Crippen molar-refractivity contribution in [2.24, 2.45) is 5.73 Å². The Morgan fingerprint density at radius 3 is 3.07 bits per heavy atom. The van der Waals surface area contributed by atoms with Gasteiger partial charge in [0.25, 0.3) is 0 Å². The number of aromatic nitrogens is 1. The Kier molecular flexibility index (Phi) is 2.82. The summed E-state index contributed by atoms with van der Waals surface area (Å²) in [6.45, 7) is 0.340. The number of hydrogen-bond acceptors (Lipinski definition) is 3. The molecule has 3 nitrogen and oxygen atoms in total. The van der Waals surface area contributed by atoms with Crippen LogP contribution in [-0.2, 0) is 0 Å². The van der Waals surface area contributed by atoms with Crippen LogP contribution in [0.2, 0.25) is 0 Å². The molecule has 2 rings (SSSR count). The second kappa shape index (κ2) is 4.45. The quantitative estimate of drug-likeness (QED) is 0.709. The van der Waals surface area contributed by atoms with Gasteiger partial charge in [0.1, 0.15) is 5.76 Å². The average Bonchev–Trinajstić information content (AvgIpc) is 2.80. The largest absolute Gasteiger partial charge is 0.464 e. The molecule has 2 N–H and O–H groups in total. The van der Waals surface area contributed by atoms with Crippen LogP contribution in [0.5, 0.6) is 0 Å². The SMILES string of the molecule is NCC#Cc1cnccc1-c1ccco1. The molecule has 0 atom stereocenters. The lowest BCUT2D eigenvalue weighted by Crippen LogP contribution is -1.93. The van der Waals surface area contributed by atoms with Crippen LogP contribution in [-0.4, -0.2) is 11.5 Å². The highest BCUT2D eigenvalue weighted by Crippen LogP contribution is 2.22. The molecule has 2 heterocycles. The lowest BCUT2D eigenvalue weighted by Gasteiger charge is -1.99. The molecular weight excluding hydrogens is 188 g/mol. The number of nitrogens with two attached hydrogens (primary N) is 1. The van der Waals surface area contributed by atoms with Crippen molar-refractivity contribution >= 4 is 0 Å². The third-order valence-electron chi connectivity index (χ3n) is 1.93. The Labute approximate surface area is 87.9 Å². The molecule has 0 unspecified atom stereocenters. The summed E-state index contributed by atoms with van der Waals surface area (Å²) in [5.74, 6) is 6.56. The van der Waals surface area contributed by atoms with Gasteiger partial charge in [-0.1, -0.05) is 11.8 Å². The second-order valence-electron chi connectivity index (χ2n) is 2.90. The average molecular weight is 198 g/mol. The molecule has 74 valence electrons. The topological polar surface area (TPSA) is 52.0 Å². The van der Waals surface area contributed by atoms with Crippen molar-refractivity contribution in [2.45, 2.75) is 0 Å². The first-order valence-corrected chi connectivity index (χ1v) is 4.58. The minimum atomic E-state index is 0.340. The molecular formula is C12H10N2O. The molecule has 0 spiro atoms. The summed E-state index contributed by atoms with van der Waals surface area (Å²) in [5, 5.41) is 0. The molecule has 0 bridgehead atoms. The summed E-state index contributed by atoms with van der Waals surface area (Å²) in [5.41, 5.74) is 7.10. The molecule has 0 aliphatic carbocycles. The molecule has 0 aliphatic rings. The van der Waals surface area contributed by atoms with E-state index < -0.39 is 0 Å². The highest BCUT2D eigenvalue weighted by molar-refractivity contribution is 5.65. The van der Waals surface area contributed by atoms with Gasteiger partial charge in [-0.15, -0.1) is 0 Å². The van der Waals surface area contributed by atoms with Crippen LogP contribution in [0, 0.1) is 11.8 Å². The van der Waals surface area contributed by atoms with E-state index in [1.54, 1.807) is 18.7 Å². The fourth-order valence-corrected chi connectivity index (χ4v) is 1.29. The lowest BCUT2D eigenvalue weighted by atomic mass is 10.1. The smallest absolute Gasteiger partial charge is 0.135 e. The van der Waals surface area contributed by atoms with Crippen molar-refractivity contribution in [3.8, 4) is 23.2 Å². The second-order valence-corrected chi connectivity index (χ2v) is 2.90. The monoisotopic (exact) mass is 198 g/mol. The van der Waals surface area contributed by atoms with Gasteiger partial charge >= 0.3 is 0 Å². The van der Waals surface area contributed by atoms with E-state index >= 15 is 0 Å². The van der Waals surface area contributed by atoms with Crippen LogP contribution in [0.1, 0.15) is 5.56 Å². The lowest BCUT2D eigenvalue weighted by molar-refractivity contribution is 0.582. The van der Waals surface area contributed by atoms with Crippen LogP contribution in [0.4, 0.5) is 0 Å². The molecule has 0 aromatic carbocycles. The molecule has 0 saturated carbocycles. The molecule has 3 heteroatoms. The van der Waals surface area contributed by atoms with E-state index in [2.05, 4.69) is 16.8 Å². The van der Waals surface area contributed by atoms with Gasteiger partial charge in [0.2, 0.25) is 0 Å². The number of rotatable bonds is 1. The molecule has 0 saturated heterocycles. The van der Waals surface area contributed by atoms with Crippen LogP contribution >= 0.6 is 0 Å². The zero-order valence-electron chi connectivity index (χ0n) is 8.10. The minimum Gasteiger partial charge on any atom is -0.464 e. The maximum absolute atomic E-state index is 5.33. The zero-order chi connectivity index (χ0) is 10.5. The molecule has 0 fully saturated rings. The first kappa shape index (κ1) is 9.50. The first-order valence-electron chi connectivity index (χ1n) is 4.58. The minimum absolute atomic E-state index is 0.340. The van der Waals surface area contributed by atoms with E-state index in [1.165, 1.54) is 0 Å². The Bertz CT molecular complexity index is 492. The van der Waals surface area contributed by atoms with Crippen molar-refractivity contribution in [2.75, 3.05) is 6.54 Å². The Morgan fingerprint density at radius 1 is 1.40 bits per heavy atom. The van der Waals surface area contributed by atoms with Gasteiger partial charge in [-0.3, -0.25) is 4.98 Å². The van der Waals surface area contributed by atoms with Crippen LogP contribution < -0.4 is 5.73 Å². The van der Waals surface area contributed by atoms with E-state index in [4.69, 9.17) is 10.2 Å².